The molecule has 0 bridgehead atoms. The van der Waals surface area contributed by atoms with Crippen molar-refractivity contribution in [1.29, 1.82) is 0 Å². The quantitative estimate of drug-likeness (QED) is 0.592. The molecule has 0 saturated heterocycles. The van der Waals surface area contributed by atoms with E-state index in [1.165, 1.54) is 5.54 Å². The zero-order valence-corrected chi connectivity index (χ0v) is 8.67. The average Bonchev–Trinajstić information content (AvgIpc) is 2.15. The van der Waals surface area contributed by atoms with Crippen molar-refractivity contribution in [3.8, 4) is 0 Å². The summed E-state index contributed by atoms with van der Waals surface area (Å²) in [6.07, 6.45) is 5.70. The van der Waals surface area contributed by atoms with E-state index in [1.54, 1.807) is 0 Å². The van der Waals surface area contributed by atoms with Crippen LogP contribution >= 0.6 is 11.6 Å². The molecule has 70 valence electrons. The Labute approximate surface area is 89.8 Å². The fraction of sp³-hybridized carbons (Fsp3) is 0.100. The Morgan fingerprint density at radius 2 is 2.23 bits per heavy atom. The largest absolute Gasteiger partial charge is 1.00 e. The predicted octanol–water partition coefficient (Wildman–Crippen LogP) is -0.626. The van der Waals surface area contributed by atoms with Crippen LogP contribution in [0, 0.1) is 0 Å². The van der Waals surface area contributed by atoms with E-state index in [0.29, 0.717) is 0 Å². The molecule has 3 heteroatoms. The van der Waals surface area contributed by atoms with Crippen molar-refractivity contribution in [3.05, 3.63) is 48.3 Å². The van der Waals surface area contributed by atoms with Crippen molar-refractivity contribution in [2.45, 2.75) is 6.54 Å². The van der Waals surface area contributed by atoms with Crippen molar-refractivity contribution < 1.29 is 17.0 Å². The highest BCUT2D eigenvalue weighted by atomic mass is 35.5. The minimum Gasteiger partial charge on any atom is -1.00 e. The molecule has 1 aromatic heterocycles. The Bertz CT molecular complexity index is 295. The lowest BCUT2D eigenvalue weighted by molar-refractivity contribution is -0.688. The molecule has 0 spiro atoms. The topological polar surface area (TPSA) is 3.88 Å². The number of halogens is 2. The second-order valence-corrected chi connectivity index (χ2v) is 2.60. The lowest BCUT2D eigenvalue weighted by Crippen LogP contribution is -3.00. The van der Waals surface area contributed by atoms with Crippen LogP contribution in [0.1, 0.15) is 5.69 Å². The van der Waals surface area contributed by atoms with Gasteiger partial charge in [0, 0.05) is 23.7 Å². The van der Waals surface area contributed by atoms with E-state index in [4.69, 9.17) is 11.6 Å². The van der Waals surface area contributed by atoms with Crippen LogP contribution in [0.25, 0.3) is 6.08 Å². The lowest BCUT2D eigenvalue weighted by atomic mass is 10.3. The Morgan fingerprint density at radius 1 is 1.46 bits per heavy atom. The average molecular weight is 216 g/mol. The first-order valence-corrected chi connectivity index (χ1v) is 4.18. The Kier molecular flexibility index (Phi) is 6.29. The molecule has 0 aliphatic rings. The smallest absolute Gasteiger partial charge is 0.204 e. The third kappa shape index (κ3) is 3.62. The summed E-state index contributed by atoms with van der Waals surface area (Å²) in [6.45, 7) is 4.51. The first kappa shape index (κ1) is 12.2. The van der Waals surface area contributed by atoms with E-state index >= 15 is 0 Å². The van der Waals surface area contributed by atoms with Gasteiger partial charge in [-0.25, -0.2) is 0 Å². The lowest BCUT2D eigenvalue weighted by Gasteiger charge is -1.94. The van der Waals surface area contributed by atoms with Crippen LogP contribution in [0.4, 0.5) is 0 Å². The third-order valence-electron chi connectivity index (χ3n) is 1.58. The molecule has 0 aliphatic carbocycles. The summed E-state index contributed by atoms with van der Waals surface area (Å²) in [5, 5.41) is 0. The highest BCUT2D eigenvalue weighted by Gasteiger charge is 2.01. The highest BCUT2D eigenvalue weighted by molar-refractivity contribution is 6.25. The normalized spacial score (nSPS) is 9.62. The van der Waals surface area contributed by atoms with E-state index in [9.17, 15) is 0 Å². The van der Waals surface area contributed by atoms with Crippen molar-refractivity contribution in [2.75, 3.05) is 0 Å². The van der Waals surface area contributed by atoms with Crippen LogP contribution < -0.4 is 17.0 Å². The monoisotopic (exact) mass is 215 g/mol. The number of hydrogen-bond acceptors (Lipinski definition) is 0. The Hall–Kier alpha value is -0.790. The molecule has 0 radical (unpaired) electrons. The molecule has 1 nitrogen and oxygen atoms in total. The molecule has 0 aliphatic heterocycles. The zero-order chi connectivity index (χ0) is 8.81. The van der Waals surface area contributed by atoms with Gasteiger partial charge in [0.15, 0.2) is 12.7 Å². The molecule has 0 amide bonds. The van der Waals surface area contributed by atoms with Gasteiger partial charge in [-0.05, 0) is 12.1 Å². The second-order valence-electron chi connectivity index (χ2n) is 2.34. The van der Waals surface area contributed by atoms with Crippen LogP contribution in [0.5, 0.6) is 0 Å². The van der Waals surface area contributed by atoms with Crippen LogP contribution in [-0.4, -0.2) is 0 Å². The molecule has 1 aromatic rings. The van der Waals surface area contributed by atoms with Gasteiger partial charge < -0.3 is 12.4 Å². The van der Waals surface area contributed by atoms with Gasteiger partial charge in [-0.2, -0.15) is 4.57 Å². The summed E-state index contributed by atoms with van der Waals surface area (Å²) in [7, 11) is 0. The molecule has 0 fully saturated rings. The van der Waals surface area contributed by atoms with Crippen LogP contribution in [0.15, 0.2) is 42.6 Å². The number of aromatic nitrogens is 1. The zero-order valence-electron chi connectivity index (χ0n) is 7.16. The maximum atomic E-state index is 5.43. The van der Waals surface area contributed by atoms with Gasteiger partial charge in [0.25, 0.3) is 0 Å². The highest BCUT2D eigenvalue weighted by Crippen LogP contribution is 1.92. The summed E-state index contributed by atoms with van der Waals surface area (Å²) in [4.78, 5) is 0. The molecule has 0 aromatic carbocycles. The molecule has 0 atom stereocenters. The van der Waals surface area contributed by atoms with Gasteiger partial charge in [-0.15, -0.1) is 0 Å². The summed E-state index contributed by atoms with van der Waals surface area (Å²) < 4.78 is 2.06. The maximum absolute atomic E-state index is 5.43. The van der Waals surface area contributed by atoms with E-state index in [1.807, 2.05) is 36.5 Å². The number of nitrogens with zero attached hydrogens (tertiary/aromatic N) is 1. The first-order valence-electron chi connectivity index (χ1n) is 3.74. The summed E-state index contributed by atoms with van der Waals surface area (Å²) >= 11 is 5.43. The van der Waals surface area contributed by atoms with E-state index in [-0.39, 0.29) is 12.4 Å². The molecule has 0 saturated carbocycles. The number of hydrogen-bond donors (Lipinski definition) is 0. The molecule has 1 rings (SSSR count). The minimum absolute atomic E-state index is 0. The maximum Gasteiger partial charge on any atom is 0.204 e. The minimum atomic E-state index is 0. The first-order chi connectivity index (χ1) is 5.88. The second kappa shape index (κ2) is 6.70. The van der Waals surface area contributed by atoms with Gasteiger partial charge >= 0.3 is 0 Å². The number of allylic oxidation sites excluding steroid dienone is 1. The summed E-state index contributed by atoms with van der Waals surface area (Å²) in [6, 6.07) is 5.97. The van der Waals surface area contributed by atoms with Gasteiger partial charge in [0.1, 0.15) is 0 Å². The van der Waals surface area contributed by atoms with Crippen LogP contribution in [-0.2, 0) is 6.54 Å². The SMILES string of the molecule is C=Cc1cccc[n+]1C/C=C/Cl.[Cl-]. The third-order valence-corrected chi connectivity index (χ3v) is 1.75. The fourth-order valence-corrected chi connectivity index (χ4v) is 1.07. The van der Waals surface area contributed by atoms with Crippen molar-refractivity contribution >= 4 is 17.7 Å². The van der Waals surface area contributed by atoms with E-state index in [2.05, 4.69) is 11.1 Å². The standard InChI is InChI=1S/C10H11ClN.ClH/c1-2-10-6-3-4-8-12(10)9-5-7-11;/h2-8H,1,9H2;1H/q+1;/p-1/b7-5+;. The summed E-state index contributed by atoms with van der Waals surface area (Å²) in [5.74, 6) is 0. The molecule has 0 unspecified atom stereocenters. The Morgan fingerprint density at radius 3 is 2.85 bits per heavy atom. The van der Waals surface area contributed by atoms with E-state index in [0.717, 1.165) is 12.2 Å². The summed E-state index contributed by atoms with van der Waals surface area (Å²) in [5.41, 5.74) is 2.61. The molecular weight excluding hydrogens is 205 g/mol. The Balaban J connectivity index is 0.00000144. The van der Waals surface area contributed by atoms with Gasteiger partial charge in [-0.1, -0.05) is 18.2 Å². The van der Waals surface area contributed by atoms with Gasteiger partial charge in [0.2, 0.25) is 5.69 Å². The van der Waals surface area contributed by atoms with Gasteiger partial charge in [0.05, 0.1) is 0 Å². The molecule has 13 heavy (non-hydrogen) atoms. The number of pyridine rings is 1. The molecule has 0 N–H and O–H groups in total. The molecular formula is C10H11Cl2N. The predicted molar refractivity (Wildman–Crippen MR) is 51.7 cm³/mol. The molecule has 1 heterocycles. The van der Waals surface area contributed by atoms with Gasteiger partial charge in [-0.3, -0.25) is 0 Å². The van der Waals surface area contributed by atoms with Crippen molar-refractivity contribution in [3.63, 3.8) is 0 Å². The van der Waals surface area contributed by atoms with Crippen LogP contribution in [0.3, 0.4) is 0 Å². The van der Waals surface area contributed by atoms with E-state index < -0.39 is 0 Å². The van der Waals surface area contributed by atoms with Crippen LogP contribution in [0.2, 0.25) is 0 Å². The number of rotatable bonds is 3. The fourth-order valence-electron chi connectivity index (χ4n) is 0.994. The van der Waals surface area contributed by atoms with Crippen molar-refractivity contribution in [1.82, 2.24) is 0 Å². The van der Waals surface area contributed by atoms with Crippen molar-refractivity contribution in [2.24, 2.45) is 0 Å².